The summed E-state index contributed by atoms with van der Waals surface area (Å²) in [5, 5.41) is 7.12. The van der Waals surface area contributed by atoms with Gasteiger partial charge in [-0.15, -0.1) is 0 Å². The molecule has 2 aliphatic heterocycles. The summed E-state index contributed by atoms with van der Waals surface area (Å²) >= 11 is 0. The smallest absolute Gasteiger partial charge is 0.475 e. The number of hydrogen-bond donors (Lipinski definition) is 1. The van der Waals surface area contributed by atoms with E-state index in [2.05, 4.69) is 20.9 Å². The number of carbonyl (C=O) groups is 1. The van der Waals surface area contributed by atoms with E-state index in [9.17, 15) is 13.2 Å². The molecule has 0 spiro atoms. The van der Waals surface area contributed by atoms with Crippen LogP contribution in [0.2, 0.25) is 0 Å². The summed E-state index contributed by atoms with van der Waals surface area (Å²) in [5.41, 5.74) is 1.09. The lowest BCUT2D eigenvalue weighted by atomic mass is 10.0. The molecule has 30 heavy (non-hydrogen) atoms. The summed E-state index contributed by atoms with van der Waals surface area (Å²) in [6, 6.07) is 12.2. The van der Waals surface area contributed by atoms with Gasteiger partial charge in [0.1, 0.15) is 12.2 Å². The van der Waals surface area contributed by atoms with Crippen molar-refractivity contribution in [3.8, 4) is 5.88 Å². The van der Waals surface area contributed by atoms with Crippen LogP contribution in [0.25, 0.3) is 0 Å². The van der Waals surface area contributed by atoms with E-state index in [-0.39, 0.29) is 12.2 Å². The van der Waals surface area contributed by atoms with Gasteiger partial charge < -0.3 is 14.6 Å². The Morgan fingerprint density at radius 1 is 1.20 bits per heavy atom. The number of aliphatic carboxylic acids is 1. The summed E-state index contributed by atoms with van der Waals surface area (Å²) in [6.45, 7) is 2.51. The first-order chi connectivity index (χ1) is 14.3. The van der Waals surface area contributed by atoms with E-state index in [1.165, 1.54) is 0 Å². The average Bonchev–Trinajstić information content (AvgIpc) is 3.07. The molecule has 3 atom stereocenters. The van der Waals surface area contributed by atoms with E-state index >= 15 is 0 Å². The normalized spacial score (nSPS) is 23.8. The number of carboxylic acid groups (broad SMARTS) is 1. The van der Waals surface area contributed by atoms with Crippen LogP contribution in [0.5, 0.6) is 5.88 Å². The van der Waals surface area contributed by atoms with Crippen LogP contribution in [0.15, 0.2) is 48.8 Å². The number of nitrogens with zero attached hydrogens (tertiary/aromatic N) is 3. The van der Waals surface area contributed by atoms with Gasteiger partial charge >= 0.3 is 12.1 Å². The number of carboxylic acids is 1. The molecule has 0 aromatic carbocycles. The molecule has 1 N–H and O–H groups in total. The lowest BCUT2D eigenvalue weighted by Crippen LogP contribution is -2.42. The number of pyridine rings is 2. The Balaban J connectivity index is 0.000000318. The molecular weight excluding hydrogens is 403 g/mol. The van der Waals surface area contributed by atoms with Gasteiger partial charge in [0, 0.05) is 44.2 Å². The summed E-state index contributed by atoms with van der Waals surface area (Å²) in [5.74, 6) is -2.09. The van der Waals surface area contributed by atoms with Gasteiger partial charge in [-0.3, -0.25) is 9.88 Å². The lowest BCUT2D eigenvalue weighted by molar-refractivity contribution is -0.192. The van der Waals surface area contributed by atoms with Crippen molar-refractivity contribution in [3.63, 3.8) is 0 Å². The number of aromatic nitrogens is 2. The van der Waals surface area contributed by atoms with Gasteiger partial charge in [0.05, 0.1) is 5.69 Å². The van der Waals surface area contributed by atoms with E-state index in [1.807, 2.05) is 36.5 Å². The van der Waals surface area contributed by atoms with Crippen molar-refractivity contribution in [1.29, 1.82) is 0 Å². The number of fused-ring (bicyclic) bond motifs is 1. The molecule has 2 aromatic heterocycles. The number of likely N-dealkylation sites (tertiary alicyclic amines) is 1. The number of hydrogen-bond acceptors (Lipinski definition) is 6. The third kappa shape index (κ3) is 5.90. The van der Waals surface area contributed by atoms with Gasteiger partial charge in [-0.05, 0) is 31.0 Å². The molecule has 7 nitrogen and oxygen atoms in total. The van der Waals surface area contributed by atoms with Gasteiger partial charge in [-0.25, -0.2) is 9.78 Å². The van der Waals surface area contributed by atoms with Gasteiger partial charge in [0.2, 0.25) is 5.88 Å². The van der Waals surface area contributed by atoms with Crippen LogP contribution in [-0.2, 0) is 16.1 Å². The highest BCUT2D eigenvalue weighted by atomic mass is 19.4. The highest BCUT2D eigenvalue weighted by Gasteiger charge is 2.45. The Hall–Kier alpha value is -2.72. The van der Waals surface area contributed by atoms with Crippen LogP contribution in [0.1, 0.15) is 18.5 Å². The topological polar surface area (TPSA) is 84.8 Å². The van der Waals surface area contributed by atoms with Crippen LogP contribution < -0.4 is 4.74 Å². The van der Waals surface area contributed by atoms with E-state index in [1.54, 1.807) is 6.20 Å². The fraction of sp³-hybridized carbons (Fsp3) is 0.450. The van der Waals surface area contributed by atoms with Gasteiger partial charge in [-0.2, -0.15) is 13.2 Å². The maximum absolute atomic E-state index is 10.6. The van der Waals surface area contributed by atoms with E-state index in [0.717, 1.165) is 38.2 Å². The fourth-order valence-electron chi connectivity index (χ4n) is 3.56. The van der Waals surface area contributed by atoms with Crippen molar-refractivity contribution in [2.45, 2.75) is 43.8 Å². The standard InChI is InChI=1S/C18H21N3O2.C2HF3O2/c1-3-9-19-14(6-1)12-21-13-16(18-15(21)7-5-11-22-18)23-17-8-2-4-10-20-17;3-2(4,5)1(6)7/h1-4,6,8-10,15-16,18H,5,7,11-13H2;(H,6,7)/t15-,16+,18+;/m1./s1. The zero-order chi connectivity index (χ0) is 21.6. The van der Waals surface area contributed by atoms with Crippen LogP contribution in [0.4, 0.5) is 13.2 Å². The Labute approximate surface area is 171 Å². The maximum atomic E-state index is 10.6. The minimum Gasteiger partial charge on any atom is -0.475 e. The van der Waals surface area contributed by atoms with Crippen molar-refractivity contribution < 1.29 is 32.5 Å². The van der Waals surface area contributed by atoms with Crippen molar-refractivity contribution in [3.05, 3.63) is 54.5 Å². The van der Waals surface area contributed by atoms with E-state index in [0.29, 0.717) is 11.9 Å². The molecule has 2 aromatic rings. The monoisotopic (exact) mass is 425 g/mol. The largest absolute Gasteiger partial charge is 0.490 e. The Morgan fingerprint density at radius 3 is 2.50 bits per heavy atom. The summed E-state index contributed by atoms with van der Waals surface area (Å²) < 4.78 is 43.9. The minimum atomic E-state index is -5.08. The number of halogens is 3. The Kier molecular flexibility index (Phi) is 7.22. The highest BCUT2D eigenvalue weighted by molar-refractivity contribution is 5.73. The molecule has 162 valence electrons. The lowest BCUT2D eigenvalue weighted by Gasteiger charge is -2.32. The second kappa shape index (κ2) is 9.86. The van der Waals surface area contributed by atoms with Gasteiger partial charge in [0.25, 0.3) is 0 Å². The number of alkyl halides is 3. The Morgan fingerprint density at radius 2 is 1.90 bits per heavy atom. The highest BCUT2D eigenvalue weighted by Crippen LogP contribution is 2.32. The van der Waals surface area contributed by atoms with E-state index < -0.39 is 12.1 Å². The molecule has 0 unspecified atom stereocenters. The average molecular weight is 425 g/mol. The molecule has 0 bridgehead atoms. The first-order valence-corrected chi connectivity index (χ1v) is 9.48. The molecule has 4 heterocycles. The molecule has 0 radical (unpaired) electrons. The minimum absolute atomic E-state index is 0.0268. The van der Waals surface area contributed by atoms with Crippen molar-refractivity contribution in [2.24, 2.45) is 0 Å². The van der Waals surface area contributed by atoms with Gasteiger partial charge in [-0.1, -0.05) is 12.1 Å². The zero-order valence-corrected chi connectivity index (χ0v) is 16.0. The van der Waals surface area contributed by atoms with Crippen molar-refractivity contribution in [1.82, 2.24) is 14.9 Å². The number of ether oxygens (including phenoxy) is 2. The van der Waals surface area contributed by atoms with Crippen LogP contribution >= 0.6 is 0 Å². The van der Waals surface area contributed by atoms with Crippen LogP contribution in [-0.4, -0.2) is 63.5 Å². The predicted molar refractivity (Wildman–Crippen MR) is 99.8 cm³/mol. The van der Waals surface area contributed by atoms with Crippen LogP contribution in [0.3, 0.4) is 0 Å². The van der Waals surface area contributed by atoms with E-state index in [4.69, 9.17) is 19.4 Å². The molecule has 4 rings (SSSR count). The predicted octanol–water partition coefficient (Wildman–Crippen LogP) is 2.92. The SMILES string of the molecule is O=C(O)C(F)(F)F.c1ccc(CN2C[C@H](Oc3ccccn3)[C@H]3OCCC[C@H]32)nc1. The molecule has 2 aliphatic rings. The number of rotatable bonds is 4. The second-order valence-electron chi connectivity index (χ2n) is 6.92. The quantitative estimate of drug-likeness (QED) is 0.806. The molecular formula is C20H22F3N3O4. The summed E-state index contributed by atoms with van der Waals surface area (Å²) in [4.78, 5) is 20.1. The third-order valence-electron chi connectivity index (χ3n) is 4.83. The molecule has 0 saturated carbocycles. The summed E-state index contributed by atoms with van der Waals surface area (Å²) in [7, 11) is 0. The summed E-state index contributed by atoms with van der Waals surface area (Å²) in [6.07, 6.45) is 0.931. The van der Waals surface area contributed by atoms with Crippen LogP contribution in [0, 0.1) is 0 Å². The second-order valence-corrected chi connectivity index (χ2v) is 6.92. The zero-order valence-electron chi connectivity index (χ0n) is 16.0. The van der Waals surface area contributed by atoms with Crippen molar-refractivity contribution in [2.75, 3.05) is 13.2 Å². The fourth-order valence-corrected chi connectivity index (χ4v) is 3.56. The molecule has 0 aliphatic carbocycles. The Bertz CT molecular complexity index is 752. The first-order valence-electron chi connectivity index (χ1n) is 9.48. The molecule has 2 fully saturated rings. The van der Waals surface area contributed by atoms with Gasteiger partial charge in [0.15, 0.2) is 0 Å². The van der Waals surface area contributed by atoms with Crippen molar-refractivity contribution >= 4 is 5.97 Å². The maximum Gasteiger partial charge on any atom is 0.490 e. The molecule has 0 amide bonds. The third-order valence-corrected chi connectivity index (χ3v) is 4.83. The first kappa shape index (κ1) is 22.0. The molecule has 10 heteroatoms. The molecule has 2 saturated heterocycles.